The predicted molar refractivity (Wildman–Crippen MR) is 68.8 cm³/mol. The first-order valence-electron chi connectivity index (χ1n) is 6.94. The van der Waals surface area contributed by atoms with Crippen LogP contribution in [0.1, 0.15) is 24.4 Å². The Kier molecular flexibility index (Phi) is 5.33. The van der Waals surface area contributed by atoms with E-state index in [4.69, 9.17) is 0 Å². The number of hydrogen-bond donors (Lipinski definition) is 1. The van der Waals surface area contributed by atoms with Gasteiger partial charge in [0.25, 0.3) is 0 Å². The second-order valence-electron chi connectivity index (χ2n) is 5.24. The zero-order chi connectivity index (χ0) is 16.3. The smallest absolute Gasteiger partial charge is 0.314 e. The number of piperazine rings is 1. The molecule has 1 aromatic rings. The van der Waals surface area contributed by atoms with Crippen molar-refractivity contribution in [1.82, 2.24) is 10.2 Å². The van der Waals surface area contributed by atoms with Crippen molar-refractivity contribution >= 4 is 0 Å². The van der Waals surface area contributed by atoms with Crippen LogP contribution in [-0.2, 0) is 0 Å². The molecule has 0 spiro atoms. The molecule has 0 aliphatic carbocycles. The van der Waals surface area contributed by atoms with Crippen molar-refractivity contribution in [3.05, 3.63) is 35.1 Å². The van der Waals surface area contributed by atoms with Crippen LogP contribution in [-0.4, -0.2) is 37.3 Å². The van der Waals surface area contributed by atoms with Gasteiger partial charge >= 0.3 is 6.18 Å². The maximum Gasteiger partial charge on any atom is 0.389 e. The molecule has 8 heteroatoms. The average Bonchev–Trinajstić information content (AvgIpc) is 2.44. The van der Waals surface area contributed by atoms with Crippen LogP contribution in [0.3, 0.4) is 0 Å². The molecule has 0 saturated carbocycles. The molecule has 2 nitrogen and oxygen atoms in total. The first-order valence-corrected chi connectivity index (χ1v) is 6.94. The molecule has 1 heterocycles. The number of halogens is 6. The SMILES string of the molecule is Fc1cc(F)c([C@@H](CCC(F)(F)F)N2CCNCC2)cc1F. The lowest BCUT2D eigenvalue weighted by atomic mass is 9.98. The third-order valence-electron chi connectivity index (χ3n) is 3.69. The number of nitrogens with one attached hydrogen (secondary N) is 1. The van der Waals surface area contributed by atoms with E-state index in [0.717, 1.165) is 0 Å². The van der Waals surface area contributed by atoms with Gasteiger partial charge in [0, 0.05) is 50.3 Å². The van der Waals surface area contributed by atoms with Gasteiger partial charge in [-0.05, 0) is 12.5 Å². The lowest BCUT2D eigenvalue weighted by Crippen LogP contribution is -2.45. The quantitative estimate of drug-likeness (QED) is 0.674. The third kappa shape index (κ3) is 4.36. The van der Waals surface area contributed by atoms with Crippen molar-refractivity contribution in [2.75, 3.05) is 26.2 Å². The number of nitrogens with zero attached hydrogens (tertiary/aromatic N) is 1. The first-order chi connectivity index (χ1) is 10.3. The summed E-state index contributed by atoms with van der Waals surface area (Å²) in [7, 11) is 0. The van der Waals surface area contributed by atoms with E-state index in [1.807, 2.05) is 0 Å². The third-order valence-corrected chi connectivity index (χ3v) is 3.69. The van der Waals surface area contributed by atoms with Crippen molar-refractivity contribution < 1.29 is 26.3 Å². The fraction of sp³-hybridized carbons (Fsp3) is 0.571. The summed E-state index contributed by atoms with van der Waals surface area (Å²) in [5.41, 5.74) is -0.231. The normalized spacial score (nSPS) is 18.5. The van der Waals surface area contributed by atoms with Crippen molar-refractivity contribution in [3.63, 3.8) is 0 Å². The summed E-state index contributed by atoms with van der Waals surface area (Å²) in [6, 6.07) is 0.111. The molecule has 0 bridgehead atoms. The number of rotatable bonds is 4. The molecule has 1 aliphatic rings. The van der Waals surface area contributed by atoms with E-state index >= 15 is 0 Å². The minimum Gasteiger partial charge on any atom is -0.314 e. The second-order valence-corrected chi connectivity index (χ2v) is 5.24. The van der Waals surface area contributed by atoms with Crippen molar-refractivity contribution in [1.29, 1.82) is 0 Å². The van der Waals surface area contributed by atoms with E-state index in [9.17, 15) is 26.3 Å². The molecular weight excluding hydrogens is 310 g/mol. The summed E-state index contributed by atoms with van der Waals surface area (Å²) in [4.78, 5) is 1.66. The van der Waals surface area contributed by atoms with Crippen molar-refractivity contribution in [2.24, 2.45) is 0 Å². The van der Waals surface area contributed by atoms with E-state index in [-0.39, 0.29) is 5.56 Å². The average molecular weight is 326 g/mol. The molecule has 1 aromatic carbocycles. The molecule has 1 saturated heterocycles. The monoisotopic (exact) mass is 326 g/mol. The summed E-state index contributed by atoms with van der Waals surface area (Å²) in [6.45, 7) is 1.93. The van der Waals surface area contributed by atoms with Crippen LogP contribution in [0, 0.1) is 17.5 Å². The highest BCUT2D eigenvalue weighted by molar-refractivity contribution is 5.24. The highest BCUT2D eigenvalue weighted by Gasteiger charge is 2.32. The van der Waals surface area contributed by atoms with E-state index in [2.05, 4.69) is 5.32 Å². The van der Waals surface area contributed by atoms with Gasteiger partial charge in [-0.25, -0.2) is 13.2 Å². The van der Waals surface area contributed by atoms with Crippen molar-refractivity contribution in [2.45, 2.75) is 25.1 Å². The topological polar surface area (TPSA) is 15.3 Å². The standard InChI is InChI=1S/C14H16F6N2/c15-10-8-12(17)11(16)7-9(10)13(1-2-14(18,19)20)22-5-3-21-4-6-22/h7-8,13,21H,1-6H2/t13-/m1/s1. The van der Waals surface area contributed by atoms with E-state index < -0.39 is 42.5 Å². The Morgan fingerprint density at radius 2 is 1.59 bits per heavy atom. The van der Waals surface area contributed by atoms with Gasteiger partial charge in [0.05, 0.1) is 0 Å². The summed E-state index contributed by atoms with van der Waals surface area (Å²) in [5, 5.41) is 3.04. The first kappa shape index (κ1) is 17.1. The highest BCUT2D eigenvalue weighted by Crippen LogP contribution is 2.33. The van der Waals surface area contributed by atoms with Gasteiger partial charge in [-0.1, -0.05) is 0 Å². The minimum absolute atomic E-state index is 0.231. The molecule has 1 fully saturated rings. The molecule has 1 aliphatic heterocycles. The Bertz CT molecular complexity index is 511. The maximum atomic E-state index is 13.9. The van der Waals surface area contributed by atoms with Crippen LogP contribution in [0.5, 0.6) is 0 Å². The van der Waals surface area contributed by atoms with Gasteiger partial charge in [0.15, 0.2) is 11.6 Å². The van der Waals surface area contributed by atoms with E-state index in [1.54, 1.807) is 4.90 Å². The maximum absolute atomic E-state index is 13.9. The molecule has 124 valence electrons. The van der Waals surface area contributed by atoms with Gasteiger partial charge in [-0.15, -0.1) is 0 Å². The summed E-state index contributed by atoms with van der Waals surface area (Å²) in [6.07, 6.45) is -5.90. The lowest BCUT2D eigenvalue weighted by molar-refractivity contribution is -0.138. The molecule has 0 radical (unpaired) electrons. The molecule has 0 aromatic heterocycles. The fourth-order valence-electron chi connectivity index (χ4n) is 2.62. The van der Waals surface area contributed by atoms with Gasteiger partial charge in [-0.3, -0.25) is 4.90 Å². The van der Waals surface area contributed by atoms with Crippen LogP contribution in [0.15, 0.2) is 12.1 Å². The fourth-order valence-corrected chi connectivity index (χ4v) is 2.62. The Labute approximate surface area is 124 Å². The van der Waals surface area contributed by atoms with Crippen LogP contribution >= 0.6 is 0 Å². The zero-order valence-corrected chi connectivity index (χ0v) is 11.7. The summed E-state index contributed by atoms with van der Waals surface area (Å²) < 4.78 is 77.8. The molecule has 0 amide bonds. The molecule has 0 unspecified atom stereocenters. The predicted octanol–water partition coefficient (Wildman–Crippen LogP) is 3.39. The molecule has 1 N–H and O–H groups in total. The molecule has 2 rings (SSSR count). The van der Waals surface area contributed by atoms with Gasteiger partial charge < -0.3 is 5.32 Å². The van der Waals surface area contributed by atoms with Crippen LogP contribution in [0.4, 0.5) is 26.3 Å². The highest BCUT2D eigenvalue weighted by atomic mass is 19.4. The van der Waals surface area contributed by atoms with Crippen molar-refractivity contribution in [3.8, 4) is 0 Å². The summed E-state index contributed by atoms with van der Waals surface area (Å²) >= 11 is 0. The van der Waals surface area contributed by atoms with E-state index in [1.165, 1.54) is 0 Å². The van der Waals surface area contributed by atoms with Crippen LogP contribution in [0.25, 0.3) is 0 Å². The van der Waals surface area contributed by atoms with Gasteiger partial charge in [-0.2, -0.15) is 13.2 Å². The zero-order valence-electron chi connectivity index (χ0n) is 11.7. The Balaban J connectivity index is 2.28. The minimum atomic E-state index is -4.39. The Hall–Kier alpha value is -1.28. The Morgan fingerprint density at radius 1 is 1.00 bits per heavy atom. The number of hydrogen-bond acceptors (Lipinski definition) is 2. The van der Waals surface area contributed by atoms with E-state index in [0.29, 0.717) is 38.3 Å². The van der Waals surface area contributed by atoms with Gasteiger partial charge in [0.1, 0.15) is 5.82 Å². The molecular formula is C14H16F6N2. The number of alkyl halides is 3. The Morgan fingerprint density at radius 3 is 2.18 bits per heavy atom. The largest absolute Gasteiger partial charge is 0.389 e. The van der Waals surface area contributed by atoms with Crippen LogP contribution < -0.4 is 5.32 Å². The molecule has 22 heavy (non-hydrogen) atoms. The van der Waals surface area contributed by atoms with Crippen LogP contribution in [0.2, 0.25) is 0 Å². The summed E-state index contributed by atoms with van der Waals surface area (Å²) in [5.74, 6) is -3.63. The lowest BCUT2D eigenvalue weighted by Gasteiger charge is -2.35. The number of benzene rings is 1. The van der Waals surface area contributed by atoms with Gasteiger partial charge in [0.2, 0.25) is 0 Å². The second kappa shape index (κ2) is 6.87. The molecule has 1 atom stereocenters.